The summed E-state index contributed by atoms with van der Waals surface area (Å²) in [6.45, 7) is -0.806. The van der Waals surface area contributed by atoms with Crippen LogP contribution in [-0.4, -0.2) is 97.4 Å². The van der Waals surface area contributed by atoms with Gasteiger partial charge in [0.05, 0.1) is 18.6 Å². The highest BCUT2D eigenvalue weighted by Gasteiger charge is 2.47. The van der Waals surface area contributed by atoms with Gasteiger partial charge in [0.25, 0.3) is 0 Å². The molecule has 8 rings (SSSR count). The summed E-state index contributed by atoms with van der Waals surface area (Å²) in [4.78, 5) is 0. The molecule has 0 unspecified atom stereocenters. The van der Waals surface area contributed by atoms with E-state index in [0.717, 1.165) is 18.2 Å². The van der Waals surface area contributed by atoms with Gasteiger partial charge in [-0.1, -0.05) is 48.6 Å². The van der Waals surface area contributed by atoms with E-state index in [1.165, 1.54) is 66.7 Å². The molecule has 6 aromatic rings. The topological polar surface area (TPSA) is 281 Å². The highest BCUT2D eigenvalue weighted by atomic mass is 16.5. The van der Waals surface area contributed by atoms with Crippen LogP contribution in [0.5, 0.6) is 51.7 Å². The summed E-state index contributed by atoms with van der Waals surface area (Å²) in [6.07, 6.45) is -8.21. The number of fused-ring (bicyclic) bond motifs is 1. The maximum absolute atomic E-state index is 12.9. The van der Waals surface area contributed by atoms with Crippen molar-refractivity contribution in [1.82, 2.24) is 0 Å². The predicted octanol–water partition coefficient (Wildman–Crippen LogP) is 5.15. The van der Waals surface area contributed by atoms with Gasteiger partial charge >= 0.3 is 0 Å². The fourth-order valence-electron chi connectivity index (χ4n) is 8.71. The molecule has 6 aromatic carbocycles. The summed E-state index contributed by atoms with van der Waals surface area (Å²) < 4.78 is 12.4. The number of aromatic hydroxyl groups is 8. The van der Waals surface area contributed by atoms with Crippen molar-refractivity contribution < 1.29 is 75.9 Å². The number of ether oxygens (including phenoxy) is 2. The standard InChI is InChI=1S/C48H44O15/c49-21-37-44(59)45(60)46(61)48(63-37)41-33(18-31(55)19-34(41)56)43(58)38(23-4-10-27(51)11-5-23)40-32(14-3-22-1-8-26(50)9-2-22)42-36(20-35(40)57)62-47(24-6-12-28(52)13-7-24)39(42)25-15-29(53)17-30(54)16-25/h1-20,37-39,43-61H,21H2/t37-,38+,39-,43-,44-,45+,46-,47+,48+/m1/s1. The van der Waals surface area contributed by atoms with Crippen LogP contribution in [0.2, 0.25) is 0 Å². The minimum absolute atomic E-state index is 0.0000660. The lowest BCUT2D eigenvalue weighted by atomic mass is 9.75. The molecule has 0 spiro atoms. The lowest BCUT2D eigenvalue weighted by molar-refractivity contribution is -0.232. The van der Waals surface area contributed by atoms with Crippen LogP contribution in [0.3, 0.4) is 0 Å². The SMILES string of the molecule is OC[C@H]1O[C@@H](c2c(O)cc(O)cc2[C@@H](O)[C@@H](c2ccc(O)cc2)c2c(O)cc3c(c2C=Cc2ccc(O)cc2)[C@@H](c2cc(O)cc(O)c2)[C@H](c2ccc(O)cc2)O3)[C@H](O)[C@@H](O)[C@@H]1O. The molecule has 0 aromatic heterocycles. The fraction of sp³-hybridized carbons (Fsp3) is 0.208. The van der Waals surface area contributed by atoms with E-state index in [-0.39, 0.29) is 62.3 Å². The van der Waals surface area contributed by atoms with Gasteiger partial charge in [0.15, 0.2) is 0 Å². The van der Waals surface area contributed by atoms with E-state index in [0.29, 0.717) is 22.3 Å². The minimum Gasteiger partial charge on any atom is -0.508 e. The number of rotatable bonds is 10. The fourth-order valence-corrected chi connectivity index (χ4v) is 8.71. The first-order valence-corrected chi connectivity index (χ1v) is 19.8. The van der Waals surface area contributed by atoms with Gasteiger partial charge in [-0.15, -0.1) is 0 Å². The Bertz CT molecular complexity index is 2620. The van der Waals surface area contributed by atoms with Crippen molar-refractivity contribution in [2.75, 3.05) is 6.61 Å². The number of aliphatic hydroxyl groups excluding tert-OH is 5. The summed E-state index contributed by atoms with van der Waals surface area (Å²) in [7, 11) is 0. The third kappa shape index (κ3) is 8.12. The Morgan fingerprint density at radius 3 is 1.75 bits per heavy atom. The second-order valence-corrected chi connectivity index (χ2v) is 15.7. The Balaban J connectivity index is 1.42. The minimum atomic E-state index is -1.93. The molecule has 2 heterocycles. The lowest BCUT2D eigenvalue weighted by Crippen LogP contribution is -2.55. The van der Waals surface area contributed by atoms with Crippen LogP contribution in [0.1, 0.15) is 80.2 Å². The third-order valence-electron chi connectivity index (χ3n) is 11.6. The first kappa shape index (κ1) is 42.7. The molecule has 1 fully saturated rings. The van der Waals surface area contributed by atoms with Gasteiger partial charge in [-0.25, -0.2) is 0 Å². The number of benzene rings is 6. The molecule has 9 atom stereocenters. The number of hydrogen-bond donors (Lipinski definition) is 13. The van der Waals surface area contributed by atoms with Gasteiger partial charge in [-0.2, -0.15) is 0 Å². The molecular weight excluding hydrogens is 817 g/mol. The average Bonchev–Trinajstić information content (AvgIpc) is 3.63. The highest BCUT2D eigenvalue weighted by molar-refractivity contribution is 5.79. The van der Waals surface area contributed by atoms with Crippen molar-refractivity contribution in [1.29, 1.82) is 0 Å². The maximum Gasteiger partial charge on any atom is 0.135 e. The van der Waals surface area contributed by atoms with E-state index >= 15 is 0 Å². The van der Waals surface area contributed by atoms with Gasteiger partial charge in [0.2, 0.25) is 0 Å². The molecule has 63 heavy (non-hydrogen) atoms. The predicted molar refractivity (Wildman–Crippen MR) is 226 cm³/mol. The molecule has 15 nitrogen and oxygen atoms in total. The molecule has 0 saturated carbocycles. The molecule has 13 N–H and O–H groups in total. The number of phenolic OH excluding ortho intramolecular Hbond substituents is 8. The molecule has 2 aliphatic heterocycles. The smallest absolute Gasteiger partial charge is 0.135 e. The maximum atomic E-state index is 12.9. The van der Waals surface area contributed by atoms with Crippen LogP contribution in [0.25, 0.3) is 12.2 Å². The van der Waals surface area contributed by atoms with Crippen LogP contribution in [0, 0.1) is 0 Å². The largest absolute Gasteiger partial charge is 0.508 e. The van der Waals surface area contributed by atoms with Gasteiger partial charge in [0, 0.05) is 40.8 Å². The molecular formula is C48H44O15. The zero-order valence-corrected chi connectivity index (χ0v) is 33.1. The zero-order valence-electron chi connectivity index (χ0n) is 33.1. The Labute approximate surface area is 359 Å². The molecule has 15 heteroatoms. The van der Waals surface area contributed by atoms with Crippen molar-refractivity contribution in [2.24, 2.45) is 0 Å². The van der Waals surface area contributed by atoms with Gasteiger partial charge in [-0.05, 0) is 88.0 Å². The molecule has 0 bridgehead atoms. The number of aliphatic hydroxyl groups is 5. The van der Waals surface area contributed by atoms with E-state index in [1.807, 2.05) is 0 Å². The summed E-state index contributed by atoms with van der Waals surface area (Å²) in [5, 5.41) is 142. The number of hydrogen-bond acceptors (Lipinski definition) is 15. The van der Waals surface area contributed by atoms with Crippen LogP contribution in [-0.2, 0) is 4.74 Å². The van der Waals surface area contributed by atoms with E-state index in [1.54, 1.807) is 36.4 Å². The summed E-state index contributed by atoms with van der Waals surface area (Å²) in [6, 6.07) is 25.4. The van der Waals surface area contributed by atoms with Crippen molar-refractivity contribution in [2.45, 2.75) is 54.6 Å². The monoisotopic (exact) mass is 860 g/mol. The Morgan fingerprint density at radius 2 is 1.13 bits per heavy atom. The molecule has 2 aliphatic rings. The van der Waals surface area contributed by atoms with Crippen molar-refractivity contribution in [3.63, 3.8) is 0 Å². The second-order valence-electron chi connectivity index (χ2n) is 15.7. The molecule has 1 saturated heterocycles. The van der Waals surface area contributed by atoms with Gasteiger partial charge in [-0.3, -0.25) is 0 Å². The van der Waals surface area contributed by atoms with Crippen LogP contribution in [0.15, 0.2) is 109 Å². The zero-order chi connectivity index (χ0) is 44.9. The summed E-state index contributed by atoms with van der Waals surface area (Å²) in [5.41, 5.74) is 1.83. The van der Waals surface area contributed by atoms with Crippen LogP contribution >= 0.6 is 0 Å². The van der Waals surface area contributed by atoms with Gasteiger partial charge < -0.3 is 75.9 Å². The molecule has 0 aliphatic carbocycles. The first-order valence-electron chi connectivity index (χ1n) is 19.8. The van der Waals surface area contributed by atoms with Crippen molar-refractivity contribution >= 4 is 12.2 Å². The first-order chi connectivity index (χ1) is 30.1. The number of phenols is 8. The Kier molecular flexibility index (Phi) is 11.6. The summed E-state index contributed by atoms with van der Waals surface area (Å²) in [5.74, 6) is -4.53. The van der Waals surface area contributed by atoms with E-state index in [4.69, 9.17) is 9.47 Å². The van der Waals surface area contributed by atoms with E-state index < -0.39 is 78.4 Å². The molecule has 0 amide bonds. The van der Waals surface area contributed by atoms with Crippen molar-refractivity contribution in [3.8, 4) is 51.7 Å². The highest BCUT2D eigenvalue weighted by Crippen LogP contribution is 2.57. The van der Waals surface area contributed by atoms with Crippen LogP contribution < -0.4 is 4.74 Å². The average molecular weight is 861 g/mol. The Hall–Kier alpha value is -6.98. The normalized spacial score (nSPS) is 23.0. The molecule has 326 valence electrons. The Morgan fingerprint density at radius 1 is 0.540 bits per heavy atom. The quantitative estimate of drug-likeness (QED) is 0.0794. The van der Waals surface area contributed by atoms with E-state index in [9.17, 15) is 66.4 Å². The van der Waals surface area contributed by atoms with Gasteiger partial charge in [0.1, 0.15) is 88.4 Å². The second kappa shape index (κ2) is 17.1. The van der Waals surface area contributed by atoms with Crippen LogP contribution in [0.4, 0.5) is 0 Å². The van der Waals surface area contributed by atoms with E-state index in [2.05, 4.69) is 0 Å². The lowest BCUT2D eigenvalue weighted by Gasteiger charge is -2.41. The third-order valence-corrected chi connectivity index (χ3v) is 11.6. The molecule has 0 radical (unpaired) electrons. The van der Waals surface area contributed by atoms with Crippen molar-refractivity contribution in [3.05, 3.63) is 159 Å². The summed E-state index contributed by atoms with van der Waals surface area (Å²) >= 11 is 0.